The zero-order valence-corrected chi connectivity index (χ0v) is 13.0. The molecule has 1 aliphatic heterocycles. The van der Waals surface area contributed by atoms with Crippen LogP contribution in [0.5, 0.6) is 0 Å². The number of piperidine rings is 1. The van der Waals surface area contributed by atoms with Gasteiger partial charge in [0.15, 0.2) is 0 Å². The van der Waals surface area contributed by atoms with Crippen LogP contribution in [0, 0.1) is 0 Å². The van der Waals surface area contributed by atoms with Crippen molar-refractivity contribution in [3.63, 3.8) is 0 Å². The third kappa shape index (κ3) is 3.44. The summed E-state index contributed by atoms with van der Waals surface area (Å²) in [5.74, 6) is 0. The van der Waals surface area contributed by atoms with Crippen molar-refractivity contribution in [2.75, 3.05) is 6.54 Å². The second-order valence-electron chi connectivity index (χ2n) is 5.56. The lowest BCUT2D eigenvalue weighted by Gasteiger charge is -2.36. The minimum atomic E-state index is -4.58. The van der Waals surface area contributed by atoms with Crippen molar-refractivity contribution in [3.05, 3.63) is 29.8 Å². The molecule has 0 aromatic heterocycles. The highest BCUT2D eigenvalue weighted by molar-refractivity contribution is 7.89. The van der Waals surface area contributed by atoms with Gasteiger partial charge in [-0.2, -0.15) is 17.5 Å². The molecule has 22 heavy (non-hydrogen) atoms. The molecule has 0 radical (unpaired) electrons. The highest BCUT2D eigenvalue weighted by Crippen LogP contribution is 2.32. The molecule has 2 atom stereocenters. The topological polar surface area (TPSA) is 63.4 Å². The predicted octanol–water partition coefficient (Wildman–Crippen LogP) is 2.60. The first kappa shape index (κ1) is 17.2. The second-order valence-corrected chi connectivity index (χ2v) is 7.45. The molecule has 1 aromatic rings. The van der Waals surface area contributed by atoms with Gasteiger partial charge in [0.05, 0.1) is 10.5 Å². The molecule has 2 unspecified atom stereocenters. The van der Waals surface area contributed by atoms with Gasteiger partial charge in [0.2, 0.25) is 10.0 Å². The van der Waals surface area contributed by atoms with Crippen molar-refractivity contribution in [1.82, 2.24) is 4.31 Å². The summed E-state index contributed by atoms with van der Waals surface area (Å²) in [6.45, 7) is 2.00. The van der Waals surface area contributed by atoms with Gasteiger partial charge in [-0.3, -0.25) is 0 Å². The summed E-state index contributed by atoms with van der Waals surface area (Å²) >= 11 is 0. The van der Waals surface area contributed by atoms with Crippen LogP contribution in [0.3, 0.4) is 0 Å². The van der Waals surface area contributed by atoms with E-state index in [0.29, 0.717) is 18.9 Å². The Labute approximate surface area is 128 Å². The number of nitrogens with two attached hydrogens (primary N) is 1. The van der Waals surface area contributed by atoms with Crippen LogP contribution in [-0.4, -0.2) is 31.4 Å². The molecule has 1 saturated heterocycles. The maximum atomic E-state index is 12.8. The molecule has 1 fully saturated rings. The second kappa shape index (κ2) is 6.17. The molecular formula is C14H19F3N2O2S. The maximum absolute atomic E-state index is 12.8. The molecule has 0 amide bonds. The van der Waals surface area contributed by atoms with Gasteiger partial charge in [-0.1, -0.05) is 12.5 Å². The quantitative estimate of drug-likeness (QED) is 0.923. The predicted molar refractivity (Wildman–Crippen MR) is 76.6 cm³/mol. The smallest absolute Gasteiger partial charge is 0.326 e. The number of benzene rings is 1. The van der Waals surface area contributed by atoms with Crippen molar-refractivity contribution in [1.29, 1.82) is 0 Å². The number of hydrogen-bond acceptors (Lipinski definition) is 3. The molecular weight excluding hydrogens is 317 g/mol. The van der Waals surface area contributed by atoms with Gasteiger partial charge < -0.3 is 5.73 Å². The Morgan fingerprint density at radius 1 is 1.32 bits per heavy atom. The van der Waals surface area contributed by atoms with Gasteiger partial charge in [-0.15, -0.1) is 0 Å². The highest BCUT2D eigenvalue weighted by Gasteiger charge is 2.37. The van der Waals surface area contributed by atoms with E-state index in [1.165, 1.54) is 10.4 Å². The molecule has 4 nitrogen and oxygen atoms in total. The van der Waals surface area contributed by atoms with E-state index >= 15 is 0 Å². The summed E-state index contributed by atoms with van der Waals surface area (Å²) in [6, 6.07) is 3.09. The molecule has 8 heteroatoms. The third-order valence-electron chi connectivity index (χ3n) is 3.87. The number of halogens is 3. The van der Waals surface area contributed by atoms with Crippen molar-refractivity contribution in [3.8, 4) is 0 Å². The van der Waals surface area contributed by atoms with Gasteiger partial charge in [0.25, 0.3) is 0 Å². The Kier molecular flexibility index (Phi) is 4.84. The molecule has 2 rings (SSSR count). The summed E-state index contributed by atoms with van der Waals surface area (Å²) in [4.78, 5) is -0.338. The van der Waals surface area contributed by atoms with Crippen LogP contribution in [0.4, 0.5) is 13.2 Å². The summed E-state index contributed by atoms with van der Waals surface area (Å²) in [6.07, 6.45) is -2.41. The molecule has 0 spiro atoms. The van der Waals surface area contributed by atoms with Crippen LogP contribution in [-0.2, 0) is 16.2 Å². The first-order valence-electron chi connectivity index (χ1n) is 7.09. The fraction of sp³-hybridized carbons (Fsp3) is 0.571. The minimum Gasteiger partial charge on any atom is -0.326 e. The molecule has 1 aliphatic rings. The number of rotatable bonds is 3. The summed E-state index contributed by atoms with van der Waals surface area (Å²) in [7, 11) is -3.99. The monoisotopic (exact) mass is 336 g/mol. The average Bonchev–Trinajstić information content (AvgIpc) is 2.46. The van der Waals surface area contributed by atoms with Crippen molar-refractivity contribution >= 4 is 10.0 Å². The first-order chi connectivity index (χ1) is 10.1. The van der Waals surface area contributed by atoms with Crippen LogP contribution in [0.15, 0.2) is 29.2 Å². The molecule has 1 aromatic carbocycles. The number of alkyl halides is 3. The van der Waals surface area contributed by atoms with Crippen LogP contribution < -0.4 is 5.73 Å². The maximum Gasteiger partial charge on any atom is 0.416 e. The zero-order chi connectivity index (χ0) is 16.5. The Morgan fingerprint density at radius 3 is 2.59 bits per heavy atom. The largest absolute Gasteiger partial charge is 0.416 e. The molecule has 1 heterocycles. The van der Waals surface area contributed by atoms with Crippen molar-refractivity contribution in [2.24, 2.45) is 5.73 Å². The van der Waals surface area contributed by atoms with E-state index in [4.69, 9.17) is 5.73 Å². The number of hydrogen-bond donors (Lipinski definition) is 1. The van der Waals surface area contributed by atoms with Gasteiger partial charge in [-0.05, 0) is 38.0 Å². The van der Waals surface area contributed by atoms with E-state index in [2.05, 4.69) is 0 Å². The standard InChI is InChI=1S/C14H19F3N2O2S/c1-10(18)13-7-2-3-8-19(13)22(20,21)12-6-4-5-11(9-12)14(15,16)17/h4-6,9-10,13H,2-3,7-8,18H2,1H3. The fourth-order valence-corrected chi connectivity index (χ4v) is 4.54. The molecule has 0 aliphatic carbocycles. The Bertz CT molecular complexity index is 629. The fourth-order valence-electron chi connectivity index (χ4n) is 2.72. The van der Waals surface area contributed by atoms with E-state index in [1.54, 1.807) is 6.92 Å². The molecule has 124 valence electrons. The van der Waals surface area contributed by atoms with Crippen LogP contribution >= 0.6 is 0 Å². The van der Waals surface area contributed by atoms with E-state index in [9.17, 15) is 21.6 Å². The zero-order valence-electron chi connectivity index (χ0n) is 12.2. The first-order valence-corrected chi connectivity index (χ1v) is 8.53. The van der Waals surface area contributed by atoms with E-state index < -0.39 is 21.8 Å². The minimum absolute atomic E-state index is 0.283. The lowest BCUT2D eigenvalue weighted by atomic mass is 10.00. The summed E-state index contributed by atoms with van der Waals surface area (Å²) in [5, 5.41) is 0. The summed E-state index contributed by atoms with van der Waals surface area (Å²) < 4.78 is 64.9. The van der Waals surface area contributed by atoms with Gasteiger partial charge in [0, 0.05) is 18.6 Å². The highest BCUT2D eigenvalue weighted by atomic mass is 32.2. The average molecular weight is 336 g/mol. The Hall–Kier alpha value is -1.12. The van der Waals surface area contributed by atoms with Gasteiger partial charge in [-0.25, -0.2) is 8.42 Å². The summed E-state index contributed by atoms with van der Waals surface area (Å²) in [5.41, 5.74) is 4.88. The van der Waals surface area contributed by atoms with E-state index in [0.717, 1.165) is 18.6 Å². The third-order valence-corrected chi connectivity index (χ3v) is 5.79. The molecule has 0 saturated carbocycles. The Balaban J connectivity index is 2.41. The van der Waals surface area contributed by atoms with Crippen molar-refractivity contribution in [2.45, 2.75) is 49.3 Å². The molecule has 0 bridgehead atoms. The van der Waals surface area contributed by atoms with Gasteiger partial charge in [0.1, 0.15) is 0 Å². The van der Waals surface area contributed by atoms with Crippen LogP contribution in [0.1, 0.15) is 31.7 Å². The van der Waals surface area contributed by atoms with Crippen molar-refractivity contribution < 1.29 is 21.6 Å². The van der Waals surface area contributed by atoms with Gasteiger partial charge >= 0.3 is 6.18 Å². The lowest BCUT2D eigenvalue weighted by Crippen LogP contribution is -2.51. The normalized spacial score (nSPS) is 22.5. The molecule has 2 N–H and O–H groups in total. The number of nitrogens with zero attached hydrogens (tertiary/aromatic N) is 1. The SMILES string of the molecule is CC(N)C1CCCCN1S(=O)(=O)c1cccc(C(F)(F)F)c1. The Morgan fingerprint density at radius 2 is 2.00 bits per heavy atom. The van der Waals surface area contributed by atoms with E-state index in [1.807, 2.05) is 0 Å². The lowest BCUT2D eigenvalue weighted by molar-refractivity contribution is -0.137. The van der Waals surface area contributed by atoms with Crippen LogP contribution in [0.2, 0.25) is 0 Å². The van der Waals surface area contributed by atoms with Crippen LogP contribution in [0.25, 0.3) is 0 Å². The van der Waals surface area contributed by atoms with E-state index in [-0.39, 0.29) is 23.5 Å². The number of sulfonamides is 1.